The van der Waals surface area contributed by atoms with E-state index in [-0.39, 0.29) is 32.0 Å². The SMILES string of the molecule is O=C(Nc1cc(C(F)(F)F)cc(C(F)(F)F)c1)C1CCN(S(=O)(=O)c2ccccc2F)CC1. The van der Waals surface area contributed by atoms with E-state index in [1.54, 1.807) is 0 Å². The van der Waals surface area contributed by atoms with E-state index >= 15 is 0 Å². The van der Waals surface area contributed by atoms with Crippen molar-refractivity contribution in [1.82, 2.24) is 4.31 Å². The van der Waals surface area contributed by atoms with Crippen LogP contribution in [0, 0.1) is 11.7 Å². The highest BCUT2D eigenvalue weighted by Crippen LogP contribution is 2.38. The molecule has 0 radical (unpaired) electrons. The van der Waals surface area contributed by atoms with Gasteiger partial charge in [-0.1, -0.05) is 12.1 Å². The lowest BCUT2D eigenvalue weighted by atomic mass is 9.97. The van der Waals surface area contributed by atoms with E-state index in [9.17, 15) is 43.9 Å². The van der Waals surface area contributed by atoms with Crippen molar-refractivity contribution in [2.45, 2.75) is 30.1 Å². The van der Waals surface area contributed by atoms with Crippen LogP contribution in [0.1, 0.15) is 24.0 Å². The quantitative estimate of drug-likeness (QED) is 0.610. The monoisotopic (exact) mass is 498 g/mol. The molecule has 1 aliphatic heterocycles. The lowest BCUT2D eigenvalue weighted by Gasteiger charge is -2.30. The largest absolute Gasteiger partial charge is 0.416 e. The molecule has 1 saturated heterocycles. The maximum absolute atomic E-state index is 13.9. The first-order chi connectivity index (χ1) is 15.2. The fourth-order valence-corrected chi connectivity index (χ4v) is 4.96. The maximum atomic E-state index is 13.9. The van der Waals surface area contributed by atoms with E-state index in [0.717, 1.165) is 16.4 Å². The number of nitrogens with one attached hydrogen (secondary N) is 1. The number of hydrogen-bond acceptors (Lipinski definition) is 3. The van der Waals surface area contributed by atoms with Crippen molar-refractivity contribution in [1.29, 1.82) is 0 Å². The summed E-state index contributed by atoms with van der Waals surface area (Å²) < 4.78 is 118. The molecule has 13 heteroatoms. The maximum Gasteiger partial charge on any atom is 0.416 e. The molecule has 3 rings (SSSR count). The molecule has 1 fully saturated rings. The van der Waals surface area contributed by atoms with Crippen LogP contribution in [0.25, 0.3) is 0 Å². The van der Waals surface area contributed by atoms with Crippen LogP contribution < -0.4 is 5.32 Å². The topological polar surface area (TPSA) is 66.5 Å². The molecule has 2 aromatic rings. The summed E-state index contributed by atoms with van der Waals surface area (Å²) in [7, 11) is -4.17. The van der Waals surface area contributed by atoms with Crippen LogP contribution in [0.15, 0.2) is 47.4 Å². The molecule has 0 saturated carbocycles. The van der Waals surface area contributed by atoms with E-state index in [4.69, 9.17) is 0 Å². The highest BCUT2D eigenvalue weighted by molar-refractivity contribution is 7.89. The number of anilines is 1. The Morgan fingerprint density at radius 3 is 1.91 bits per heavy atom. The summed E-state index contributed by atoms with van der Waals surface area (Å²) in [6.07, 6.45) is -10.2. The van der Waals surface area contributed by atoms with E-state index in [0.29, 0.717) is 12.1 Å². The molecule has 2 aromatic carbocycles. The van der Waals surface area contributed by atoms with Gasteiger partial charge in [0.15, 0.2) is 0 Å². The molecule has 0 bridgehead atoms. The van der Waals surface area contributed by atoms with E-state index in [2.05, 4.69) is 5.32 Å². The minimum absolute atomic E-state index is 0.0510. The molecule has 1 heterocycles. The molecular formula is C20H17F7N2O3S. The average Bonchev–Trinajstić information content (AvgIpc) is 2.72. The van der Waals surface area contributed by atoms with Gasteiger partial charge in [0.05, 0.1) is 11.1 Å². The zero-order valence-electron chi connectivity index (χ0n) is 16.7. The average molecular weight is 498 g/mol. The van der Waals surface area contributed by atoms with Crippen LogP contribution in [0.4, 0.5) is 36.4 Å². The Kier molecular flexibility index (Phi) is 6.76. The van der Waals surface area contributed by atoms with E-state index in [1.165, 1.54) is 12.1 Å². The number of carbonyl (C=O) groups is 1. The lowest BCUT2D eigenvalue weighted by Crippen LogP contribution is -2.41. The molecule has 33 heavy (non-hydrogen) atoms. The number of nitrogens with zero attached hydrogens (tertiary/aromatic N) is 1. The number of hydrogen-bond donors (Lipinski definition) is 1. The third-order valence-corrected chi connectivity index (χ3v) is 7.07. The van der Waals surface area contributed by atoms with Crippen molar-refractivity contribution in [3.63, 3.8) is 0 Å². The number of rotatable bonds is 4. The summed E-state index contributed by atoms with van der Waals surface area (Å²) in [5, 5.41) is 2.06. The van der Waals surface area contributed by atoms with Crippen LogP contribution >= 0.6 is 0 Å². The Morgan fingerprint density at radius 2 is 1.42 bits per heavy atom. The van der Waals surface area contributed by atoms with Crippen molar-refractivity contribution < 1.29 is 43.9 Å². The Labute approximate surface area is 184 Å². The number of alkyl halides is 6. The molecular weight excluding hydrogens is 481 g/mol. The van der Waals surface area contributed by atoms with Crippen molar-refractivity contribution >= 4 is 21.6 Å². The fourth-order valence-electron chi connectivity index (χ4n) is 3.42. The second-order valence-corrected chi connectivity index (χ2v) is 9.30. The van der Waals surface area contributed by atoms with Gasteiger partial charge in [-0.2, -0.15) is 30.6 Å². The molecule has 0 spiro atoms. The van der Waals surface area contributed by atoms with Crippen molar-refractivity contribution in [2.75, 3.05) is 18.4 Å². The van der Waals surface area contributed by atoms with Crippen LogP contribution in [-0.4, -0.2) is 31.7 Å². The first-order valence-electron chi connectivity index (χ1n) is 9.54. The second-order valence-electron chi connectivity index (χ2n) is 7.39. The Balaban J connectivity index is 1.73. The number of sulfonamides is 1. The highest BCUT2D eigenvalue weighted by atomic mass is 32.2. The molecule has 0 aromatic heterocycles. The smallest absolute Gasteiger partial charge is 0.326 e. The number of benzene rings is 2. The van der Waals surface area contributed by atoms with Crippen LogP contribution in [0.3, 0.4) is 0 Å². The Hall–Kier alpha value is -2.67. The van der Waals surface area contributed by atoms with Crippen LogP contribution in [0.2, 0.25) is 0 Å². The molecule has 1 amide bonds. The second kappa shape index (κ2) is 8.93. The number of carbonyl (C=O) groups excluding carboxylic acids is 1. The summed E-state index contributed by atoms with van der Waals surface area (Å²) in [4.78, 5) is 11.9. The van der Waals surface area contributed by atoms with Gasteiger partial charge in [-0.05, 0) is 43.2 Å². The standard InChI is InChI=1S/C20H17F7N2O3S/c21-16-3-1-2-4-17(16)33(31,32)29-7-5-12(6-8-29)18(30)28-15-10-13(19(22,23)24)9-14(11-15)20(25,26)27/h1-4,9-12H,5-8H2,(H,28,30). The highest BCUT2D eigenvalue weighted by Gasteiger charge is 2.38. The molecule has 5 nitrogen and oxygen atoms in total. The summed E-state index contributed by atoms with van der Waals surface area (Å²) in [6.45, 7) is -0.351. The van der Waals surface area contributed by atoms with E-state index < -0.39 is 61.7 Å². The zero-order valence-corrected chi connectivity index (χ0v) is 17.5. The van der Waals surface area contributed by atoms with Gasteiger partial charge in [0, 0.05) is 24.7 Å². The van der Waals surface area contributed by atoms with Crippen molar-refractivity contribution in [3.8, 4) is 0 Å². The number of amides is 1. The summed E-state index contributed by atoms with van der Waals surface area (Å²) in [5.74, 6) is -2.64. The van der Waals surface area contributed by atoms with Gasteiger partial charge in [-0.3, -0.25) is 4.79 Å². The predicted octanol–water partition coefficient (Wildman–Crippen LogP) is 4.90. The molecule has 1 aliphatic rings. The van der Waals surface area contributed by atoms with Crippen LogP contribution in [-0.2, 0) is 27.2 Å². The third-order valence-electron chi connectivity index (χ3n) is 5.13. The molecule has 0 unspecified atom stereocenters. The zero-order chi connectivity index (χ0) is 24.6. The van der Waals surface area contributed by atoms with Gasteiger partial charge in [0.25, 0.3) is 0 Å². The minimum Gasteiger partial charge on any atom is -0.326 e. The Morgan fingerprint density at radius 1 is 0.909 bits per heavy atom. The molecule has 0 aliphatic carbocycles. The molecule has 1 N–H and O–H groups in total. The normalized spacial score (nSPS) is 16.6. The van der Waals surface area contributed by atoms with Gasteiger partial charge in [-0.25, -0.2) is 12.8 Å². The van der Waals surface area contributed by atoms with Crippen LogP contribution in [0.5, 0.6) is 0 Å². The summed E-state index contributed by atoms with van der Waals surface area (Å²) in [6, 6.07) is 5.48. The van der Waals surface area contributed by atoms with Gasteiger partial charge in [0.2, 0.25) is 15.9 Å². The lowest BCUT2D eigenvalue weighted by molar-refractivity contribution is -0.143. The predicted molar refractivity (Wildman–Crippen MR) is 103 cm³/mol. The summed E-state index contributed by atoms with van der Waals surface area (Å²) in [5.41, 5.74) is -3.82. The van der Waals surface area contributed by atoms with Crippen molar-refractivity contribution in [3.05, 3.63) is 59.4 Å². The summed E-state index contributed by atoms with van der Waals surface area (Å²) >= 11 is 0. The first kappa shape index (κ1) is 25.0. The van der Waals surface area contributed by atoms with Gasteiger partial charge < -0.3 is 5.32 Å². The minimum atomic E-state index is -5.06. The fraction of sp³-hybridized carbons (Fsp3) is 0.350. The number of piperidine rings is 1. The Bertz CT molecular complexity index is 1110. The first-order valence-corrected chi connectivity index (χ1v) is 11.0. The molecule has 0 atom stereocenters. The van der Waals surface area contributed by atoms with Gasteiger partial charge in [0.1, 0.15) is 10.7 Å². The molecule has 180 valence electrons. The van der Waals surface area contributed by atoms with E-state index in [1.807, 2.05) is 0 Å². The van der Waals surface area contributed by atoms with Gasteiger partial charge >= 0.3 is 12.4 Å². The van der Waals surface area contributed by atoms with Crippen molar-refractivity contribution in [2.24, 2.45) is 5.92 Å². The number of halogens is 7. The van der Waals surface area contributed by atoms with Gasteiger partial charge in [-0.15, -0.1) is 0 Å². The third kappa shape index (κ3) is 5.64.